The number of alkyl halides is 3. The number of nitrogens with zero attached hydrogens (tertiary/aromatic N) is 2. The van der Waals surface area contributed by atoms with Crippen LogP contribution in [0.3, 0.4) is 0 Å². The van der Waals surface area contributed by atoms with Gasteiger partial charge in [0.15, 0.2) is 0 Å². The number of aromatic nitrogens is 2. The maximum Gasteiger partial charge on any atom is 0.391 e. The van der Waals surface area contributed by atoms with Crippen molar-refractivity contribution in [2.24, 2.45) is 11.8 Å². The summed E-state index contributed by atoms with van der Waals surface area (Å²) in [5.74, 6) is -2.98. The van der Waals surface area contributed by atoms with E-state index in [1.165, 1.54) is 0 Å². The van der Waals surface area contributed by atoms with Crippen molar-refractivity contribution in [3.63, 3.8) is 0 Å². The van der Waals surface area contributed by atoms with E-state index < -0.39 is 24.0 Å². The Morgan fingerprint density at radius 3 is 1.89 bits per heavy atom. The number of fused-ring (bicyclic) bond motifs is 1. The van der Waals surface area contributed by atoms with Gasteiger partial charge in [-0.05, 0) is 68.9 Å². The third kappa shape index (κ3) is 6.66. The zero-order chi connectivity index (χ0) is 32.3. The monoisotopic (exact) mass is 610 g/mol. The van der Waals surface area contributed by atoms with Crippen LogP contribution in [0.25, 0.3) is 27.7 Å². The molecule has 0 spiro atoms. The fourth-order valence-corrected chi connectivity index (χ4v) is 6.07. The Kier molecular flexibility index (Phi) is 10.2. The van der Waals surface area contributed by atoms with Crippen LogP contribution in [0, 0.1) is 11.8 Å². The lowest BCUT2D eigenvalue weighted by Gasteiger charge is -2.31. The lowest BCUT2D eigenvalue weighted by atomic mass is 9.76. The average Bonchev–Trinajstić information content (AvgIpc) is 2.98. The molecule has 0 aliphatic heterocycles. The van der Waals surface area contributed by atoms with Crippen LogP contribution in [0.2, 0.25) is 0 Å². The number of hydrogen-bond acceptors (Lipinski definition) is 6. The van der Waals surface area contributed by atoms with Crippen molar-refractivity contribution in [1.29, 1.82) is 0 Å². The molecule has 1 aliphatic carbocycles. The van der Waals surface area contributed by atoms with Crippen molar-refractivity contribution in [1.82, 2.24) is 9.97 Å². The Bertz CT molecular complexity index is 1510. The Morgan fingerprint density at radius 2 is 1.41 bits per heavy atom. The average molecular weight is 611 g/mol. The van der Waals surface area contributed by atoms with E-state index >= 15 is 0 Å². The molecule has 3 aromatic rings. The molecule has 0 radical (unpaired) electrons. The van der Waals surface area contributed by atoms with E-state index in [1.807, 2.05) is 52.0 Å². The number of hydrogen-bond donors (Lipinski definition) is 0. The number of para-hydroxylation sites is 1. The molecule has 1 saturated carbocycles. The third-order valence-electron chi connectivity index (χ3n) is 8.31. The Morgan fingerprint density at radius 1 is 0.864 bits per heavy atom. The molecule has 0 saturated heterocycles. The van der Waals surface area contributed by atoms with Gasteiger partial charge in [0.1, 0.15) is 0 Å². The molecule has 0 atom stereocenters. The number of carbonyl (C=O) groups excluding carboxylic acids is 2. The number of ether oxygens (including phenoxy) is 2. The van der Waals surface area contributed by atoms with E-state index in [0.717, 1.165) is 16.5 Å². The van der Waals surface area contributed by atoms with Crippen molar-refractivity contribution in [2.75, 3.05) is 13.2 Å². The first-order chi connectivity index (χ1) is 20.8. The second-order valence-corrected chi connectivity index (χ2v) is 11.9. The van der Waals surface area contributed by atoms with Gasteiger partial charge in [0.2, 0.25) is 0 Å². The zero-order valence-electron chi connectivity index (χ0n) is 26.3. The van der Waals surface area contributed by atoms with Crippen LogP contribution >= 0.6 is 0 Å². The van der Waals surface area contributed by atoms with Crippen molar-refractivity contribution < 1.29 is 32.2 Å². The molecule has 2 aromatic heterocycles. The smallest absolute Gasteiger partial charge is 0.391 e. The molecule has 4 rings (SSSR count). The normalized spacial score (nSPS) is 17.2. The minimum absolute atomic E-state index is 0.0649. The summed E-state index contributed by atoms with van der Waals surface area (Å²) in [5, 5.41) is 0.800. The highest BCUT2D eigenvalue weighted by atomic mass is 19.4. The molecule has 0 N–H and O–H groups in total. The van der Waals surface area contributed by atoms with E-state index in [2.05, 4.69) is 6.58 Å². The van der Waals surface area contributed by atoms with E-state index in [1.54, 1.807) is 19.9 Å². The van der Waals surface area contributed by atoms with Gasteiger partial charge in [-0.1, -0.05) is 58.5 Å². The molecule has 9 heteroatoms. The molecule has 2 heterocycles. The van der Waals surface area contributed by atoms with Gasteiger partial charge in [-0.3, -0.25) is 4.98 Å². The zero-order valence-corrected chi connectivity index (χ0v) is 26.3. The number of allylic oxidation sites excluding steroid dienone is 1. The van der Waals surface area contributed by atoms with Crippen molar-refractivity contribution in [3.8, 4) is 11.3 Å². The highest BCUT2D eigenvalue weighted by Crippen LogP contribution is 2.44. The van der Waals surface area contributed by atoms with Gasteiger partial charge in [0, 0.05) is 16.5 Å². The quantitative estimate of drug-likeness (QED) is 0.225. The molecular weight excluding hydrogens is 569 g/mol. The van der Waals surface area contributed by atoms with Crippen molar-refractivity contribution >= 4 is 28.4 Å². The van der Waals surface area contributed by atoms with Gasteiger partial charge in [-0.25, -0.2) is 14.6 Å². The summed E-state index contributed by atoms with van der Waals surface area (Å²) >= 11 is 0. The molecule has 6 nitrogen and oxygen atoms in total. The predicted molar refractivity (Wildman–Crippen MR) is 166 cm³/mol. The van der Waals surface area contributed by atoms with Gasteiger partial charge in [0.25, 0.3) is 0 Å². The van der Waals surface area contributed by atoms with Crippen LogP contribution in [-0.4, -0.2) is 41.3 Å². The van der Waals surface area contributed by atoms with Gasteiger partial charge in [-0.2, -0.15) is 13.2 Å². The first-order valence-corrected chi connectivity index (χ1v) is 15.4. The minimum Gasteiger partial charge on any atom is -0.462 e. The van der Waals surface area contributed by atoms with Crippen molar-refractivity contribution in [2.45, 2.75) is 85.2 Å². The topological polar surface area (TPSA) is 78.4 Å². The highest BCUT2D eigenvalue weighted by molar-refractivity contribution is 6.07. The summed E-state index contributed by atoms with van der Waals surface area (Å²) < 4.78 is 51.0. The van der Waals surface area contributed by atoms with Crippen LogP contribution in [0.5, 0.6) is 0 Å². The molecule has 0 amide bonds. The van der Waals surface area contributed by atoms with Gasteiger partial charge < -0.3 is 9.47 Å². The number of esters is 2. The number of benzene rings is 1. The molecule has 0 unspecified atom stereocenters. The predicted octanol–water partition coefficient (Wildman–Crippen LogP) is 9.28. The number of rotatable bonds is 9. The molecular formula is C35H41F3N2O4. The first-order valence-electron chi connectivity index (χ1n) is 15.4. The summed E-state index contributed by atoms with van der Waals surface area (Å²) in [6.07, 6.45) is -3.29. The molecule has 44 heavy (non-hydrogen) atoms. The lowest BCUT2D eigenvalue weighted by Crippen LogP contribution is -2.28. The molecule has 0 bridgehead atoms. The van der Waals surface area contributed by atoms with Gasteiger partial charge in [0.05, 0.1) is 52.9 Å². The van der Waals surface area contributed by atoms with Gasteiger partial charge >= 0.3 is 18.1 Å². The summed E-state index contributed by atoms with van der Waals surface area (Å²) in [5.41, 5.74) is 4.06. The van der Waals surface area contributed by atoms with E-state index in [0.29, 0.717) is 41.0 Å². The van der Waals surface area contributed by atoms with Crippen molar-refractivity contribution in [3.05, 3.63) is 65.0 Å². The second kappa shape index (κ2) is 13.5. The van der Waals surface area contributed by atoms with E-state index in [-0.39, 0.29) is 54.9 Å². The summed E-state index contributed by atoms with van der Waals surface area (Å²) in [4.78, 5) is 37.0. The summed E-state index contributed by atoms with van der Waals surface area (Å²) in [7, 11) is 0. The second-order valence-electron chi connectivity index (χ2n) is 11.9. The van der Waals surface area contributed by atoms with Gasteiger partial charge in [-0.15, -0.1) is 0 Å². The third-order valence-corrected chi connectivity index (χ3v) is 8.31. The molecule has 236 valence electrons. The van der Waals surface area contributed by atoms with Crippen LogP contribution in [-0.2, 0) is 9.47 Å². The number of halogens is 3. The number of carbonyl (C=O) groups is 2. The SMILES string of the molecule is C=C(c1cccc2ccc(-c3c(C(=O)OCC)c(C(C)C)nc(C(C)C)c3C(=O)OCC)nc12)C1CCC(C(F)(F)F)CC1. The van der Waals surface area contributed by atoms with Crippen LogP contribution in [0.1, 0.15) is 117 Å². The summed E-state index contributed by atoms with van der Waals surface area (Å²) in [6.45, 7) is 15.7. The Labute approximate surface area is 257 Å². The highest BCUT2D eigenvalue weighted by Gasteiger charge is 2.42. The largest absolute Gasteiger partial charge is 0.462 e. The Balaban J connectivity index is 1.96. The Hall–Kier alpha value is -3.75. The molecule has 1 aliphatic rings. The fourth-order valence-electron chi connectivity index (χ4n) is 6.07. The maximum atomic E-state index is 13.6. The van der Waals surface area contributed by atoms with Crippen LogP contribution < -0.4 is 0 Å². The maximum absolute atomic E-state index is 13.6. The number of pyridine rings is 2. The van der Waals surface area contributed by atoms with E-state index in [9.17, 15) is 22.8 Å². The minimum atomic E-state index is -4.19. The van der Waals surface area contributed by atoms with E-state index in [4.69, 9.17) is 19.4 Å². The lowest BCUT2D eigenvalue weighted by molar-refractivity contribution is -0.182. The molecule has 1 aromatic carbocycles. The first kappa shape index (κ1) is 33.1. The molecule has 1 fully saturated rings. The summed E-state index contributed by atoms with van der Waals surface area (Å²) in [6, 6.07) is 9.27. The van der Waals surface area contributed by atoms with Crippen LogP contribution in [0.15, 0.2) is 36.9 Å². The standard InChI is InChI=1S/C35H41F3N2O4/c1-8-43-33(41)28-27(29(34(42)44-9-2)31(20(5)6)40-30(28)19(3)4)26-18-15-23-11-10-12-25(32(23)39-26)21(7)22-13-16-24(17-14-22)35(36,37)38/h10-12,15,18-20,22,24H,7-9,13-14,16-17H2,1-6H3. The fraction of sp³-hybridized carbons (Fsp3) is 0.486. The van der Waals surface area contributed by atoms with Crippen LogP contribution in [0.4, 0.5) is 13.2 Å².